The number of hydrogen-bond acceptors (Lipinski definition) is 2. The number of aliphatic hydroxyl groups is 1. The summed E-state index contributed by atoms with van der Waals surface area (Å²) in [7, 11) is 0. The molecule has 3 nitrogen and oxygen atoms in total. The third kappa shape index (κ3) is 11.0. The van der Waals surface area contributed by atoms with E-state index in [2.05, 4.69) is 13.8 Å². The second-order valence-electron chi connectivity index (χ2n) is 5.33. The summed E-state index contributed by atoms with van der Waals surface area (Å²) in [5.41, 5.74) is 0. The maximum Gasteiger partial charge on any atom is 0.222 e. The lowest BCUT2D eigenvalue weighted by Gasteiger charge is -2.22. The van der Waals surface area contributed by atoms with Crippen molar-refractivity contribution in [3.63, 3.8) is 0 Å². The Morgan fingerprint density at radius 2 is 1.37 bits per heavy atom. The topological polar surface area (TPSA) is 40.5 Å². The molecule has 0 aliphatic rings. The summed E-state index contributed by atoms with van der Waals surface area (Å²) in [5.74, 6) is 0.224. The van der Waals surface area contributed by atoms with Gasteiger partial charge in [0.05, 0.1) is 0 Å². The molecule has 0 heterocycles. The number of hydrogen-bond donors (Lipinski definition) is 1. The molecule has 3 heteroatoms. The summed E-state index contributed by atoms with van der Waals surface area (Å²) in [6, 6.07) is 0. The van der Waals surface area contributed by atoms with Gasteiger partial charge in [-0.25, -0.2) is 0 Å². The van der Waals surface area contributed by atoms with Gasteiger partial charge in [-0.05, 0) is 19.3 Å². The summed E-state index contributed by atoms with van der Waals surface area (Å²) in [6.45, 7) is 6.32. The lowest BCUT2D eigenvalue weighted by molar-refractivity contribution is -0.131. The number of rotatable bonds is 13. The number of aliphatic hydroxyl groups excluding tert-OH is 1. The molecular weight excluding hydrogens is 238 g/mol. The smallest absolute Gasteiger partial charge is 0.222 e. The molecule has 0 radical (unpaired) electrons. The lowest BCUT2D eigenvalue weighted by Crippen LogP contribution is -2.33. The molecule has 0 aliphatic heterocycles. The third-order valence-electron chi connectivity index (χ3n) is 3.46. The molecule has 0 bridgehead atoms. The minimum atomic E-state index is 0.116. The van der Waals surface area contributed by atoms with Gasteiger partial charge >= 0.3 is 0 Å². The summed E-state index contributed by atoms with van der Waals surface area (Å²) in [6.07, 6.45) is 10.7. The maximum atomic E-state index is 12.0. The summed E-state index contributed by atoms with van der Waals surface area (Å²) in [4.78, 5) is 14.1. The minimum absolute atomic E-state index is 0.116. The fourth-order valence-corrected chi connectivity index (χ4v) is 2.21. The van der Waals surface area contributed by atoms with E-state index in [0.29, 0.717) is 12.8 Å². The van der Waals surface area contributed by atoms with Crippen LogP contribution in [-0.2, 0) is 4.79 Å². The predicted octanol–water partition coefficient (Wildman–Crippen LogP) is 3.75. The zero-order valence-electron chi connectivity index (χ0n) is 13.0. The van der Waals surface area contributed by atoms with Crippen LogP contribution in [0.5, 0.6) is 0 Å². The van der Waals surface area contributed by atoms with Crippen LogP contribution >= 0.6 is 0 Å². The monoisotopic (exact) mass is 271 g/mol. The molecular formula is C16H33NO2. The van der Waals surface area contributed by atoms with Crippen molar-refractivity contribution in [1.29, 1.82) is 0 Å². The zero-order valence-corrected chi connectivity index (χ0v) is 13.0. The van der Waals surface area contributed by atoms with Crippen LogP contribution in [0.2, 0.25) is 0 Å². The predicted molar refractivity (Wildman–Crippen MR) is 81.2 cm³/mol. The second-order valence-corrected chi connectivity index (χ2v) is 5.33. The molecule has 0 unspecified atom stereocenters. The van der Waals surface area contributed by atoms with E-state index in [-0.39, 0.29) is 12.5 Å². The Morgan fingerprint density at radius 3 is 1.79 bits per heavy atom. The first-order valence-electron chi connectivity index (χ1n) is 8.14. The van der Waals surface area contributed by atoms with Gasteiger partial charge < -0.3 is 10.0 Å². The van der Waals surface area contributed by atoms with Gasteiger partial charge in [0.1, 0.15) is 0 Å². The summed E-state index contributed by atoms with van der Waals surface area (Å²) in [5, 5.41) is 8.82. The lowest BCUT2D eigenvalue weighted by atomic mass is 10.1. The van der Waals surface area contributed by atoms with Crippen LogP contribution in [0.3, 0.4) is 0 Å². The van der Waals surface area contributed by atoms with E-state index in [1.165, 1.54) is 38.5 Å². The highest BCUT2D eigenvalue weighted by atomic mass is 16.3. The van der Waals surface area contributed by atoms with Crippen molar-refractivity contribution < 1.29 is 9.90 Å². The Morgan fingerprint density at radius 1 is 0.842 bits per heavy atom. The molecule has 0 saturated heterocycles. The van der Waals surface area contributed by atoms with Crippen molar-refractivity contribution in [3.05, 3.63) is 0 Å². The van der Waals surface area contributed by atoms with Crippen LogP contribution in [0.4, 0.5) is 0 Å². The maximum absolute atomic E-state index is 12.0. The first-order chi connectivity index (χ1) is 9.26. The van der Waals surface area contributed by atoms with Crippen LogP contribution < -0.4 is 0 Å². The van der Waals surface area contributed by atoms with Crippen LogP contribution in [0.25, 0.3) is 0 Å². The molecule has 0 aromatic carbocycles. The van der Waals surface area contributed by atoms with E-state index < -0.39 is 0 Å². The molecule has 0 saturated carbocycles. The largest absolute Gasteiger partial charge is 0.396 e. The average molecular weight is 271 g/mol. The second kappa shape index (κ2) is 13.9. The Bertz CT molecular complexity index is 195. The number of unbranched alkanes of at least 4 members (excludes halogenated alkanes) is 6. The molecule has 0 rings (SSSR count). The van der Waals surface area contributed by atoms with Gasteiger partial charge in [-0.15, -0.1) is 0 Å². The zero-order chi connectivity index (χ0) is 14.3. The fourth-order valence-electron chi connectivity index (χ4n) is 2.21. The first kappa shape index (κ1) is 18.4. The van der Waals surface area contributed by atoms with Crippen molar-refractivity contribution in [1.82, 2.24) is 4.90 Å². The van der Waals surface area contributed by atoms with Gasteiger partial charge in [0.2, 0.25) is 5.91 Å². The normalized spacial score (nSPS) is 10.7. The van der Waals surface area contributed by atoms with Gasteiger partial charge in [0.25, 0.3) is 0 Å². The van der Waals surface area contributed by atoms with Crippen molar-refractivity contribution in [2.75, 3.05) is 19.7 Å². The molecule has 0 aromatic heterocycles. The average Bonchev–Trinajstić information content (AvgIpc) is 2.43. The quantitative estimate of drug-likeness (QED) is 0.518. The van der Waals surface area contributed by atoms with Crippen LogP contribution in [0.1, 0.15) is 78.1 Å². The van der Waals surface area contributed by atoms with E-state index >= 15 is 0 Å². The number of carbonyl (C=O) groups is 1. The SMILES string of the molecule is CCCCCCN(CCCCCC)C(=O)CCCO. The molecule has 19 heavy (non-hydrogen) atoms. The number of amides is 1. The Balaban J connectivity index is 3.94. The van der Waals surface area contributed by atoms with Gasteiger partial charge in [0.15, 0.2) is 0 Å². The van der Waals surface area contributed by atoms with Crippen molar-refractivity contribution in [2.24, 2.45) is 0 Å². The third-order valence-corrected chi connectivity index (χ3v) is 3.46. The van der Waals surface area contributed by atoms with Crippen molar-refractivity contribution >= 4 is 5.91 Å². The number of nitrogens with zero attached hydrogens (tertiary/aromatic N) is 1. The van der Waals surface area contributed by atoms with E-state index in [9.17, 15) is 4.79 Å². The molecule has 0 aliphatic carbocycles. The molecule has 1 N–H and O–H groups in total. The number of carbonyl (C=O) groups excluding carboxylic acids is 1. The van der Waals surface area contributed by atoms with Crippen LogP contribution in [-0.4, -0.2) is 35.6 Å². The highest BCUT2D eigenvalue weighted by Gasteiger charge is 2.11. The highest BCUT2D eigenvalue weighted by molar-refractivity contribution is 5.76. The fraction of sp³-hybridized carbons (Fsp3) is 0.938. The van der Waals surface area contributed by atoms with Crippen LogP contribution in [0, 0.1) is 0 Å². The summed E-state index contributed by atoms with van der Waals surface area (Å²) < 4.78 is 0. The van der Waals surface area contributed by atoms with E-state index in [1.807, 2.05) is 4.90 Å². The Kier molecular flexibility index (Phi) is 13.4. The van der Waals surface area contributed by atoms with Gasteiger partial charge in [0, 0.05) is 26.1 Å². The first-order valence-corrected chi connectivity index (χ1v) is 8.14. The minimum Gasteiger partial charge on any atom is -0.396 e. The molecule has 0 spiro atoms. The Hall–Kier alpha value is -0.570. The molecule has 0 atom stereocenters. The van der Waals surface area contributed by atoms with Gasteiger partial charge in [-0.3, -0.25) is 4.79 Å². The standard InChI is InChI=1S/C16H33NO2/c1-3-5-7-9-13-17(14-10-8-6-4-2)16(19)12-11-15-18/h18H,3-15H2,1-2H3. The van der Waals surface area contributed by atoms with Crippen LogP contribution in [0.15, 0.2) is 0 Å². The molecule has 0 fully saturated rings. The molecule has 1 amide bonds. The summed E-state index contributed by atoms with van der Waals surface area (Å²) >= 11 is 0. The van der Waals surface area contributed by atoms with Gasteiger partial charge in [-0.1, -0.05) is 52.4 Å². The van der Waals surface area contributed by atoms with E-state index in [1.54, 1.807) is 0 Å². The Labute approximate surface area is 119 Å². The van der Waals surface area contributed by atoms with Gasteiger partial charge in [-0.2, -0.15) is 0 Å². The van der Waals surface area contributed by atoms with Crippen molar-refractivity contribution in [3.8, 4) is 0 Å². The molecule has 0 aromatic rings. The van der Waals surface area contributed by atoms with E-state index in [0.717, 1.165) is 25.9 Å². The molecule has 114 valence electrons. The van der Waals surface area contributed by atoms with E-state index in [4.69, 9.17) is 5.11 Å². The van der Waals surface area contributed by atoms with Crippen molar-refractivity contribution in [2.45, 2.75) is 78.1 Å². The highest BCUT2D eigenvalue weighted by Crippen LogP contribution is 2.07.